The van der Waals surface area contributed by atoms with Crippen molar-refractivity contribution in [2.45, 2.75) is 18.9 Å². The van der Waals surface area contributed by atoms with Crippen LogP contribution >= 0.6 is 0 Å². The molecule has 0 radical (unpaired) electrons. The summed E-state index contributed by atoms with van der Waals surface area (Å²) in [4.78, 5) is 0. The zero-order valence-electron chi connectivity index (χ0n) is 27.6. The quantitative estimate of drug-likeness (QED) is 0.186. The van der Waals surface area contributed by atoms with Crippen LogP contribution in [0.25, 0.3) is 66.0 Å². The van der Waals surface area contributed by atoms with Crippen molar-refractivity contribution < 1.29 is 0 Å². The fourth-order valence-corrected chi connectivity index (χ4v) is 7.98. The summed E-state index contributed by atoms with van der Waals surface area (Å²) in [6.07, 6.45) is 5.20. The van der Waals surface area contributed by atoms with Gasteiger partial charge in [0, 0.05) is 38.1 Å². The Balaban J connectivity index is 1.21. The minimum absolute atomic E-state index is 0.252. The molecule has 9 rings (SSSR count). The fraction of sp³-hybridized carbons (Fsp3) is 0.0652. The van der Waals surface area contributed by atoms with Gasteiger partial charge in [0.05, 0.1) is 58.5 Å². The van der Waals surface area contributed by atoms with Crippen molar-refractivity contribution in [3.63, 3.8) is 0 Å². The molecule has 1 atom stereocenters. The molecule has 1 aliphatic carbocycles. The van der Waals surface area contributed by atoms with E-state index in [1.807, 2.05) is 36.4 Å². The Morgan fingerprint density at radius 2 is 1.27 bits per heavy atom. The number of para-hydroxylation sites is 3. The van der Waals surface area contributed by atoms with Gasteiger partial charge in [-0.25, -0.2) is 0 Å². The van der Waals surface area contributed by atoms with Gasteiger partial charge in [0.25, 0.3) is 0 Å². The van der Waals surface area contributed by atoms with Crippen molar-refractivity contribution in [2.24, 2.45) is 0 Å². The average Bonchev–Trinajstić information content (AvgIpc) is 3.69. The summed E-state index contributed by atoms with van der Waals surface area (Å²) in [5, 5.41) is 34.3. The van der Waals surface area contributed by atoms with E-state index >= 15 is 0 Å². The molecule has 0 saturated heterocycles. The summed E-state index contributed by atoms with van der Waals surface area (Å²) in [5.74, 6) is 0. The first kappa shape index (κ1) is 30.0. The van der Waals surface area contributed by atoms with Gasteiger partial charge in [0.2, 0.25) is 0 Å². The second-order valence-electron chi connectivity index (χ2n) is 13.0. The van der Waals surface area contributed by atoms with Crippen molar-refractivity contribution in [1.82, 2.24) is 9.13 Å². The predicted octanol–water partition coefficient (Wildman–Crippen LogP) is 11.0. The first-order valence-electron chi connectivity index (χ1n) is 17.0. The Labute approximate surface area is 295 Å². The third-order valence-electron chi connectivity index (χ3n) is 10.2. The molecule has 2 aromatic heterocycles. The molecule has 238 valence electrons. The van der Waals surface area contributed by atoms with Crippen molar-refractivity contribution in [1.29, 1.82) is 15.8 Å². The molecule has 5 nitrogen and oxygen atoms in total. The Morgan fingerprint density at radius 3 is 2.02 bits per heavy atom. The molecule has 6 aromatic carbocycles. The monoisotopic (exact) mass is 651 g/mol. The molecule has 0 amide bonds. The lowest BCUT2D eigenvalue weighted by Gasteiger charge is -2.25. The Hall–Kier alpha value is -7.13. The van der Waals surface area contributed by atoms with E-state index in [0.29, 0.717) is 24.0 Å². The van der Waals surface area contributed by atoms with Gasteiger partial charge in [-0.3, -0.25) is 0 Å². The highest BCUT2D eigenvalue weighted by Crippen LogP contribution is 2.42. The summed E-state index contributed by atoms with van der Waals surface area (Å²) in [7, 11) is 0. The third-order valence-corrected chi connectivity index (χ3v) is 10.2. The van der Waals surface area contributed by atoms with E-state index in [4.69, 9.17) is 0 Å². The molecule has 1 aliphatic rings. The molecule has 51 heavy (non-hydrogen) atoms. The molecule has 8 aromatic rings. The molecular weight excluding hydrogens is 623 g/mol. The van der Waals surface area contributed by atoms with Gasteiger partial charge in [-0.2, -0.15) is 15.8 Å². The second-order valence-corrected chi connectivity index (χ2v) is 13.0. The predicted molar refractivity (Wildman–Crippen MR) is 205 cm³/mol. The number of benzene rings is 6. The van der Waals surface area contributed by atoms with Crippen LogP contribution in [0.2, 0.25) is 0 Å². The van der Waals surface area contributed by atoms with Gasteiger partial charge >= 0.3 is 0 Å². The van der Waals surface area contributed by atoms with E-state index in [1.165, 1.54) is 10.8 Å². The number of hydrogen-bond acceptors (Lipinski definition) is 3. The highest BCUT2D eigenvalue weighted by molar-refractivity contribution is 6.10. The van der Waals surface area contributed by atoms with E-state index < -0.39 is 0 Å². The topological polar surface area (TPSA) is 81.2 Å². The summed E-state index contributed by atoms with van der Waals surface area (Å²) in [6, 6.07) is 52.8. The maximum Gasteiger partial charge on any atom is 0.0991 e. The first-order chi connectivity index (χ1) is 25.2. The van der Waals surface area contributed by atoms with Gasteiger partial charge in [-0.15, -0.1) is 0 Å². The van der Waals surface area contributed by atoms with Crippen LogP contribution in [0.15, 0.2) is 151 Å². The largest absolute Gasteiger partial charge is 0.332 e. The Morgan fingerprint density at radius 1 is 0.588 bits per heavy atom. The van der Waals surface area contributed by atoms with Gasteiger partial charge in [-0.1, -0.05) is 91.0 Å². The highest BCUT2D eigenvalue weighted by atomic mass is 15.0. The fourth-order valence-electron chi connectivity index (χ4n) is 7.98. The minimum Gasteiger partial charge on any atom is -0.332 e. The van der Waals surface area contributed by atoms with Crippen LogP contribution in [-0.2, 0) is 6.42 Å². The molecular formula is C46H29N5. The van der Waals surface area contributed by atoms with E-state index in [2.05, 4.69) is 137 Å². The van der Waals surface area contributed by atoms with Crippen LogP contribution < -0.4 is 0 Å². The van der Waals surface area contributed by atoms with Gasteiger partial charge in [-0.05, 0) is 83.3 Å². The van der Waals surface area contributed by atoms with Crippen LogP contribution in [-0.4, -0.2) is 9.13 Å². The third kappa shape index (κ3) is 4.74. The standard InChI is InChI=1S/C46H29N5/c47-24-23-30-19-21-45-38(25-30)39-26-31(28-48)20-22-46(39)51(45)44-18-8-14-34(40(44)29-49)32-9-7-10-33(27-32)35-11-1-4-15-41(35)50-42-16-5-2-12-36(42)37-13-3-6-17-43(37)50/h1-17,19-22,25-27,44H,18,23H2. The molecule has 0 fully saturated rings. The molecule has 0 aliphatic heterocycles. The second kappa shape index (κ2) is 12.1. The zero-order valence-corrected chi connectivity index (χ0v) is 27.6. The molecule has 0 saturated carbocycles. The van der Waals surface area contributed by atoms with Gasteiger partial charge in [0.15, 0.2) is 0 Å². The number of rotatable bonds is 5. The van der Waals surface area contributed by atoms with Crippen LogP contribution in [0.4, 0.5) is 0 Å². The van der Waals surface area contributed by atoms with Crippen LogP contribution in [0.5, 0.6) is 0 Å². The molecule has 2 heterocycles. The SMILES string of the molecule is N#CCc1ccc2c(c1)c1cc(C#N)ccc1n2C1CC=CC(c2cccc(-c3ccccc3-n3c4ccccc4c4ccccc43)c2)=C1C#N. The van der Waals surface area contributed by atoms with Crippen LogP contribution in [0, 0.1) is 34.0 Å². The molecule has 0 bridgehead atoms. The maximum atomic E-state index is 10.9. The number of fused-ring (bicyclic) bond motifs is 6. The van der Waals surface area contributed by atoms with Crippen molar-refractivity contribution >= 4 is 49.2 Å². The van der Waals surface area contributed by atoms with E-state index in [0.717, 1.165) is 66.4 Å². The van der Waals surface area contributed by atoms with E-state index in [1.54, 1.807) is 0 Å². The lowest BCUT2D eigenvalue weighted by atomic mass is 9.88. The smallest absolute Gasteiger partial charge is 0.0991 e. The number of nitriles is 3. The van der Waals surface area contributed by atoms with Crippen LogP contribution in [0.3, 0.4) is 0 Å². The van der Waals surface area contributed by atoms with Gasteiger partial charge < -0.3 is 9.13 Å². The number of nitrogens with zero attached hydrogens (tertiary/aromatic N) is 5. The van der Waals surface area contributed by atoms with Crippen molar-refractivity contribution in [3.8, 4) is 35.0 Å². The molecule has 0 N–H and O–H groups in total. The number of aromatic nitrogens is 2. The lowest BCUT2D eigenvalue weighted by molar-refractivity contribution is 0.629. The summed E-state index contributed by atoms with van der Waals surface area (Å²) < 4.78 is 4.59. The first-order valence-corrected chi connectivity index (χ1v) is 17.0. The highest BCUT2D eigenvalue weighted by Gasteiger charge is 2.27. The minimum atomic E-state index is -0.252. The average molecular weight is 652 g/mol. The van der Waals surface area contributed by atoms with E-state index in [-0.39, 0.29) is 6.04 Å². The summed E-state index contributed by atoms with van der Waals surface area (Å²) in [6.45, 7) is 0. The Kier molecular flexibility index (Phi) is 7.10. The zero-order chi connectivity index (χ0) is 34.5. The number of allylic oxidation sites excluding steroid dienone is 4. The molecule has 1 unspecified atom stereocenters. The maximum absolute atomic E-state index is 10.9. The summed E-state index contributed by atoms with van der Waals surface area (Å²) >= 11 is 0. The molecule has 0 spiro atoms. The van der Waals surface area contributed by atoms with Gasteiger partial charge in [0.1, 0.15) is 0 Å². The summed E-state index contributed by atoms with van der Waals surface area (Å²) in [5.41, 5.74) is 11.6. The Bertz CT molecular complexity index is 2860. The lowest BCUT2D eigenvalue weighted by Crippen LogP contribution is -2.14. The number of hydrogen-bond donors (Lipinski definition) is 0. The van der Waals surface area contributed by atoms with Crippen molar-refractivity contribution in [3.05, 3.63) is 168 Å². The van der Waals surface area contributed by atoms with E-state index in [9.17, 15) is 15.8 Å². The van der Waals surface area contributed by atoms with Crippen LogP contribution in [0.1, 0.15) is 29.2 Å². The van der Waals surface area contributed by atoms with Crippen molar-refractivity contribution in [2.75, 3.05) is 0 Å². The normalized spacial score (nSPS) is 14.3. The molecule has 5 heteroatoms.